The van der Waals surface area contributed by atoms with E-state index in [1.54, 1.807) is 49.9 Å². The third kappa shape index (κ3) is 5.16. The van der Waals surface area contributed by atoms with Crippen molar-refractivity contribution in [3.8, 4) is 0 Å². The Balaban J connectivity index is 2.06. The van der Waals surface area contributed by atoms with Crippen LogP contribution in [0.1, 0.15) is 40.2 Å². The molecule has 172 valence electrons. The van der Waals surface area contributed by atoms with Gasteiger partial charge in [0.25, 0.3) is 0 Å². The number of carbonyl (C=O) groups excluding carboxylic acids is 2. The first-order valence-electron chi connectivity index (χ1n) is 10.0. The highest BCUT2D eigenvalue weighted by Crippen LogP contribution is 2.35. The number of hydrogen-bond donors (Lipinski definition) is 1. The number of carbonyl (C=O) groups is 2. The second-order valence-corrected chi connectivity index (χ2v) is 10.7. The minimum absolute atomic E-state index is 0.115. The highest BCUT2D eigenvalue weighted by Gasteiger charge is 2.35. The third-order valence-electron chi connectivity index (χ3n) is 4.51. The maximum Gasteiger partial charge on any atom is 0.412 e. The van der Waals surface area contributed by atoms with E-state index in [4.69, 9.17) is 4.74 Å². The van der Waals surface area contributed by atoms with Crippen LogP contribution in [-0.2, 0) is 21.1 Å². The van der Waals surface area contributed by atoms with Gasteiger partial charge in [0.05, 0.1) is 12.2 Å². The molecular formula is C21H27N5O5S. The molecule has 2 aromatic rings. The lowest BCUT2D eigenvalue weighted by Gasteiger charge is -2.38. The number of nitrogens with one attached hydrogen (secondary N) is 1. The number of benzene rings is 1. The minimum atomic E-state index is -3.68. The van der Waals surface area contributed by atoms with Gasteiger partial charge in [-0.15, -0.1) is 0 Å². The van der Waals surface area contributed by atoms with Crippen molar-refractivity contribution in [3.63, 3.8) is 0 Å². The fourth-order valence-corrected chi connectivity index (χ4v) is 3.61. The lowest BCUT2D eigenvalue weighted by atomic mass is 10.1. The van der Waals surface area contributed by atoms with Crippen LogP contribution >= 0.6 is 0 Å². The molecule has 0 fully saturated rings. The van der Waals surface area contributed by atoms with Crippen molar-refractivity contribution >= 4 is 39.2 Å². The molecule has 0 bridgehead atoms. The summed E-state index contributed by atoms with van der Waals surface area (Å²) in [5.74, 6) is 0.191. The zero-order valence-electron chi connectivity index (χ0n) is 18.9. The maximum absolute atomic E-state index is 13.3. The van der Waals surface area contributed by atoms with E-state index in [9.17, 15) is 18.0 Å². The molecule has 1 aromatic heterocycles. The first kappa shape index (κ1) is 23.5. The predicted octanol–water partition coefficient (Wildman–Crippen LogP) is 3.71. The maximum atomic E-state index is 13.3. The van der Waals surface area contributed by atoms with E-state index in [1.807, 2.05) is 13.8 Å². The lowest BCUT2D eigenvalue weighted by Crippen LogP contribution is -2.48. The number of rotatable bonds is 4. The van der Waals surface area contributed by atoms with Crippen molar-refractivity contribution in [2.24, 2.45) is 0 Å². The number of amides is 3. The molecule has 1 aliphatic heterocycles. The van der Waals surface area contributed by atoms with Crippen LogP contribution in [0.5, 0.6) is 0 Å². The summed E-state index contributed by atoms with van der Waals surface area (Å²) in [5, 5.41) is 2.28. The fourth-order valence-electron chi connectivity index (χ4n) is 3.12. The van der Waals surface area contributed by atoms with Gasteiger partial charge in [-0.3, -0.25) is 5.32 Å². The molecule has 0 spiro atoms. The van der Waals surface area contributed by atoms with Crippen molar-refractivity contribution < 1.29 is 22.7 Å². The SMILES string of the molecule is CC(C)N1Cc2cnc(S(C)(=O)=O)nc2N(c2cccc(NC(=O)OC(C)(C)C)c2)C1=O. The van der Waals surface area contributed by atoms with Gasteiger partial charge < -0.3 is 9.64 Å². The Morgan fingerprint density at radius 3 is 2.53 bits per heavy atom. The van der Waals surface area contributed by atoms with Gasteiger partial charge in [0.2, 0.25) is 15.0 Å². The molecule has 1 aromatic carbocycles. The summed E-state index contributed by atoms with van der Waals surface area (Å²) in [5.41, 5.74) is 0.759. The van der Waals surface area contributed by atoms with Gasteiger partial charge >= 0.3 is 12.1 Å². The van der Waals surface area contributed by atoms with Gasteiger partial charge in [-0.2, -0.15) is 4.98 Å². The van der Waals surface area contributed by atoms with Gasteiger partial charge in [-0.25, -0.2) is 27.9 Å². The van der Waals surface area contributed by atoms with Gasteiger partial charge in [-0.05, 0) is 52.8 Å². The van der Waals surface area contributed by atoms with Gasteiger partial charge in [0.15, 0.2) is 5.82 Å². The van der Waals surface area contributed by atoms with Crippen molar-refractivity contribution in [1.82, 2.24) is 14.9 Å². The van der Waals surface area contributed by atoms with E-state index in [2.05, 4.69) is 15.3 Å². The van der Waals surface area contributed by atoms with Crippen LogP contribution in [0.15, 0.2) is 35.6 Å². The van der Waals surface area contributed by atoms with E-state index in [1.165, 1.54) is 11.1 Å². The molecular weight excluding hydrogens is 434 g/mol. The second-order valence-electron chi connectivity index (χ2n) is 8.79. The molecule has 0 unspecified atom stereocenters. The molecule has 32 heavy (non-hydrogen) atoms. The fraction of sp³-hybridized carbons (Fsp3) is 0.429. The zero-order chi connectivity index (χ0) is 23.8. The third-order valence-corrected chi connectivity index (χ3v) is 5.37. The highest BCUT2D eigenvalue weighted by molar-refractivity contribution is 7.90. The van der Waals surface area contributed by atoms with Crippen LogP contribution in [0.2, 0.25) is 0 Å². The summed E-state index contributed by atoms with van der Waals surface area (Å²) in [4.78, 5) is 36.6. The molecule has 3 amide bonds. The monoisotopic (exact) mass is 461 g/mol. The van der Waals surface area contributed by atoms with E-state index in [-0.39, 0.29) is 29.6 Å². The van der Waals surface area contributed by atoms with Crippen LogP contribution in [0.4, 0.5) is 26.8 Å². The van der Waals surface area contributed by atoms with Crippen LogP contribution in [-0.4, -0.2) is 53.3 Å². The zero-order valence-corrected chi connectivity index (χ0v) is 19.7. The van der Waals surface area contributed by atoms with Gasteiger partial charge in [0, 0.05) is 29.7 Å². The Hall–Kier alpha value is -3.21. The lowest BCUT2D eigenvalue weighted by molar-refractivity contribution is 0.0636. The summed E-state index contributed by atoms with van der Waals surface area (Å²) < 4.78 is 29.3. The van der Waals surface area contributed by atoms with E-state index in [0.717, 1.165) is 6.26 Å². The molecule has 0 saturated carbocycles. The van der Waals surface area contributed by atoms with E-state index >= 15 is 0 Å². The second kappa shape index (κ2) is 8.38. The average Bonchev–Trinajstić information content (AvgIpc) is 2.64. The van der Waals surface area contributed by atoms with Crippen LogP contribution in [0.25, 0.3) is 0 Å². The van der Waals surface area contributed by atoms with Crippen LogP contribution in [0, 0.1) is 0 Å². The molecule has 1 aliphatic rings. The van der Waals surface area contributed by atoms with E-state index < -0.39 is 21.5 Å². The summed E-state index contributed by atoms with van der Waals surface area (Å²) in [6, 6.07) is 6.12. The normalized spacial score (nSPS) is 14.4. The van der Waals surface area contributed by atoms with Crippen molar-refractivity contribution in [2.45, 2.75) is 58.0 Å². The molecule has 2 heterocycles. The first-order valence-corrected chi connectivity index (χ1v) is 11.9. The summed E-state index contributed by atoms with van der Waals surface area (Å²) >= 11 is 0. The summed E-state index contributed by atoms with van der Waals surface area (Å²) in [6.45, 7) is 9.28. The largest absolute Gasteiger partial charge is 0.444 e. The standard InChI is InChI=1S/C21H27N5O5S/c1-13(2)25-12-14-11-22-18(32(6,29)30)24-17(14)26(20(25)28)16-9-7-8-15(10-16)23-19(27)31-21(3,4)5/h7-11,13H,12H2,1-6H3,(H,23,27). The number of nitrogens with zero attached hydrogens (tertiary/aromatic N) is 4. The molecule has 0 atom stereocenters. The number of fused-ring (bicyclic) bond motifs is 1. The predicted molar refractivity (Wildman–Crippen MR) is 120 cm³/mol. The number of sulfone groups is 1. The number of aromatic nitrogens is 2. The Bertz CT molecular complexity index is 1160. The minimum Gasteiger partial charge on any atom is -0.444 e. The molecule has 0 saturated heterocycles. The van der Waals surface area contributed by atoms with Gasteiger partial charge in [0.1, 0.15) is 5.60 Å². The average molecular weight is 462 g/mol. The molecule has 1 N–H and O–H groups in total. The van der Waals surface area contributed by atoms with Crippen molar-refractivity contribution in [2.75, 3.05) is 16.5 Å². The quantitative estimate of drug-likeness (QED) is 0.689. The Morgan fingerprint density at radius 2 is 1.94 bits per heavy atom. The molecule has 10 nitrogen and oxygen atoms in total. The van der Waals surface area contributed by atoms with Crippen molar-refractivity contribution in [1.29, 1.82) is 0 Å². The van der Waals surface area contributed by atoms with E-state index in [0.29, 0.717) is 16.9 Å². The molecule has 0 aliphatic carbocycles. The Kier molecular flexibility index (Phi) is 6.14. The van der Waals surface area contributed by atoms with Crippen molar-refractivity contribution in [3.05, 3.63) is 36.0 Å². The number of ether oxygens (including phenoxy) is 1. The Morgan fingerprint density at radius 1 is 1.25 bits per heavy atom. The highest BCUT2D eigenvalue weighted by atomic mass is 32.2. The summed E-state index contributed by atoms with van der Waals surface area (Å²) in [6.07, 6.45) is 1.80. The van der Waals surface area contributed by atoms with Crippen LogP contribution in [0.3, 0.4) is 0 Å². The summed E-state index contributed by atoms with van der Waals surface area (Å²) in [7, 11) is -3.68. The number of hydrogen-bond acceptors (Lipinski definition) is 7. The van der Waals surface area contributed by atoms with Gasteiger partial charge in [-0.1, -0.05) is 6.07 Å². The number of urea groups is 1. The molecule has 11 heteroatoms. The smallest absolute Gasteiger partial charge is 0.412 e. The molecule has 3 rings (SSSR count). The molecule has 0 radical (unpaired) electrons. The topological polar surface area (TPSA) is 122 Å². The van der Waals surface area contributed by atoms with Crippen LogP contribution < -0.4 is 10.2 Å². The first-order chi connectivity index (χ1) is 14.8. The number of anilines is 3. The Labute approximate surface area is 187 Å².